The lowest BCUT2D eigenvalue weighted by atomic mass is 9.96. The van der Waals surface area contributed by atoms with E-state index >= 15 is 0 Å². The van der Waals surface area contributed by atoms with Crippen molar-refractivity contribution in [1.29, 1.82) is 0 Å². The van der Waals surface area contributed by atoms with Gasteiger partial charge in [-0.25, -0.2) is 0 Å². The van der Waals surface area contributed by atoms with E-state index in [1.165, 1.54) is 5.56 Å². The molecule has 0 unspecified atom stereocenters. The first-order chi connectivity index (χ1) is 12.9. The maximum atomic E-state index is 12.5. The average Bonchev–Trinajstić information content (AvgIpc) is 2.94. The number of hydrogen-bond acceptors (Lipinski definition) is 3. The number of rotatable bonds is 4. The van der Waals surface area contributed by atoms with Crippen LogP contribution in [-0.2, 0) is 9.59 Å². The van der Waals surface area contributed by atoms with Crippen molar-refractivity contribution in [3.05, 3.63) is 53.2 Å². The smallest absolute Gasteiger partial charge is 0.231 e. The summed E-state index contributed by atoms with van der Waals surface area (Å²) in [6.45, 7) is 12.0. The fraction of sp³-hybridized carbons (Fsp3) is 0.455. The maximum Gasteiger partial charge on any atom is 0.231 e. The lowest BCUT2D eigenvalue weighted by Crippen LogP contribution is -2.47. The van der Waals surface area contributed by atoms with Crippen molar-refractivity contribution in [2.24, 2.45) is 0 Å². The summed E-state index contributed by atoms with van der Waals surface area (Å²) < 4.78 is 0. The summed E-state index contributed by atoms with van der Waals surface area (Å²) in [6, 6.07) is 8.18. The van der Waals surface area contributed by atoms with Gasteiger partial charge in [0.15, 0.2) is 0 Å². The van der Waals surface area contributed by atoms with E-state index in [2.05, 4.69) is 44.5 Å². The number of carbonyl (C=O) groups is 2. The second-order valence-corrected chi connectivity index (χ2v) is 7.52. The van der Waals surface area contributed by atoms with Gasteiger partial charge >= 0.3 is 0 Å². The van der Waals surface area contributed by atoms with Gasteiger partial charge in [0.1, 0.15) is 0 Å². The minimum Gasteiger partial charge on any atom is -0.340 e. The molecule has 2 heterocycles. The van der Waals surface area contributed by atoms with Gasteiger partial charge in [-0.2, -0.15) is 0 Å². The van der Waals surface area contributed by atoms with Gasteiger partial charge in [0, 0.05) is 44.8 Å². The molecule has 27 heavy (non-hydrogen) atoms. The molecule has 2 aliphatic rings. The normalized spacial score (nSPS) is 20.4. The Hall–Kier alpha value is -2.40. The van der Waals surface area contributed by atoms with E-state index in [0.717, 1.165) is 48.6 Å². The summed E-state index contributed by atoms with van der Waals surface area (Å²) in [6.07, 6.45) is 0.715. The SMILES string of the molecule is C=C1/C(=C(/C)c2ccccc2C)CC(=O)N1CCC(=O)N1CCN(C)CC1. The third-order valence-corrected chi connectivity index (χ3v) is 5.71. The second-order valence-electron chi connectivity index (χ2n) is 7.52. The first-order valence-corrected chi connectivity index (χ1v) is 9.60. The van der Waals surface area contributed by atoms with Crippen LogP contribution in [0.1, 0.15) is 30.9 Å². The van der Waals surface area contributed by atoms with Crippen molar-refractivity contribution < 1.29 is 9.59 Å². The summed E-state index contributed by atoms with van der Waals surface area (Å²) in [5, 5.41) is 0. The van der Waals surface area contributed by atoms with E-state index in [0.29, 0.717) is 19.4 Å². The summed E-state index contributed by atoms with van der Waals surface area (Å²) in [5.74, 6) is 0.158. The number of aryl methyl sites for hydroxylation is 1. The van der Waals surface area contributed by atoms with E-state index in [1.807, 2.05) is 17.0 Å². The molecular formula is C22H29N3O2. The Morgan fingerprint density at radius 3 is 2.48 bits per heavy atom. The molecule has 2 saturated heterocycles. The first-order valence-electron chi connectivity index (χ1n) is 9.60. The van der Waals surface area contributed by atoms with Crippen molar-refractivity contribution in [1.82, 2.24) is 14.7 Å². The zero-order chi connectivity index (χ0) is 19.6. The number of allylic oxidation sites excluding steroid dienone is 2. The molecule has 0 saturated carbocycles. The molecule has 0 aromatic heterocycles. The fourth-order valence-electron chi connectivity index (χ4n) is 3.85. The fourth-order valence-corrected chi connectivity index (χ4v) is 3.85. The molecule has 0 radical (unpaired) electrons. The molecule has 1 aromatic carbocycles. The zero-order valence-electron chi connectivity index (χ0n) is 16.6. The topological polar surface area (TPSA) is 43.9 Å². The Bertz CT molecular complexity index is 789. The van der Waals surface area contributed by atoms with Crippen LogP contribution in [0.3, 0.4) is 0 Å². The molecule has 0 spiro atoms. The van der Waals surface area contributed by atoms with Crippen LogP contribution in [-0.4, -0.2) is 66.3 Å². The van der Waals surface area contributed by atoms with Gasteiger partial charge in [0.2, 0.25) is 11.8 Å². The van der Waals surface area contributed by atoms with Gasteiger partial charge in [-0.05, 0) is 43.2 Å². The summed E-state index contributed by atoms with van der Waals surface area (Å²) >= 11 is 0. The molecule has 0 N–H and O–H groups in total. The highest BCUT2D eigenvalue weighted by molar-refractivity contribution is 5.92. The molecule has 5 heteroatoms. The number of benzene rings is 1. The molecule has 1 aromatic rings. The van der Waals surface area contributed by atoms with Gasteiger partial charge in [0.25, 0.3) is 0 Å². The van der Waals surface area contributed by atoms with Crippen LogP contribution in [0.4, 0.5) is 0 Å². The Balaban J connectivity index is 1.67. The average molecular weight is 367 g/mol. The lowest BCUT2D eigenvalue weighted by Gasteiger charge is -2.32. The number of likely N-dealkylation sites (tertiary alicyclic amines) is 1. The predicted molar refractivity (Wildman–Crippen MR) is 108 cm³/mol. The maximum absolute atomic E-state index is 12.5. The lowest BCUT2D eigenvalue weighted by molar-refractivity contribution is -0.133. The van der Waals surface area contributed by atoms with Gasteiger partial charge in [-0.1, -0.05) is 30.8 Å². The van der Waals surface area contributed by atoms with E-state index in [9.17, 15) is 9.59 Å². The van der Waals surface area contributed by atoms with Crippen LogP contribution >= 0.6 is 0 Å². The number of piperazine rings is 1. The van der Waals surface area contributed by atoms with Crippen LogP contribution in [0.2, 0.25) is 0 Å². The Labute approximate surface area is 161 Å². The zero-order valence-corrected chi connectivity index (χ0v) is 16.6. The molecule has 2 amide bonds. The molecule has 3 rings (SSSR count). The highest BCUT2D eigenvalue weighted by atomic mass is 16.2. The third-order valence-electron chi connectivity index (χ3n) is 5.71. The molecule has 0 atom stereocenters. The van der Waals surface area contributed by atoms with Crippen molar-refractivity contribution in [3.63, 3.8) is 0 Å². The van der Waals surface area contributed by atoms with E-state index < -0.39 is 0 Å². The van der Waals surface area contributed by atoms with Gasteiger partial charge in [0.05, 0.1) is 6.42 Å². The van der Waals surface area contributed by atoms with Crippen molar-refractivity contribution in [3.8, 4) is 0 Å². The monoisotopic (exact) mass is 367 g/mol. The van der Waals surface area contributed by atoms with Crippen LogP contribution in [0.5, 0.6) is 0 Å². The minimum absolute atomic E-state index is 0.0362. The summed E-state index contributed by atoms with van der Waals surface area (Å²) in [5.41, 5.74) is 5.16. The van der Waals surface area contributed by atoms with Crippen LogP contribution in [0, 0.1) is 6.92 Å². The number of likely N-dealkylation sites (N-methyl/N-ethyl adjacent to an activating group) is 1. The minimum atomic E-state index is 0.0362. The molecule has 144 valence electrons. The van der Waals surface area contributed by atoms with Crippen LogP contribution in [0.15, 0.2) is 42.1 Å². The number of carbonyl (C=O) groups excluding carboxylic acids is 2. The van der Waals surface area contributed by atoms with Crippen molar-refractivity contribution in [2.75, 3.05) is 39.8 Å². The van der Waals surface area contributed by atoms with E-state index in [4.69, 9.17) is 0 Å². The van der Waals surface area contributed by atoms with Crippen LogP contribution < -0.4 is 0 Å². The standard InChI is InChI=1S/C22H29N3O2/c1-16-7-5-6-8-19(16)17(2)20-15-22(27)25(18(20)3)10-9-21(26)24-13-11-23(4)12-14-24/h5-8H,3,9-15H2,1-2,4H3/b20-17-. The van der Waals surface area contributed by atoms with E-state index in [1.54, 1.807) is 4.90 Å². The molecular weight excluding hydrogens is 338 g/mol. The molecule has 0 bridgehead atoms. The summed E-state index contributed by atoms with van der Waals surface area (Å²) in [4.78, 5) is 30.8. The van der Waals surface area contributed by atoms with Gasteiger partial charge in [-0.3, -0.25) is 9.59 Å². The quantitative estimate of drug-likeness (QED) is 0.822. The molecule has 0 aliphatic carbocycles. The third kappa shape index (κ3) is 4.14. The first kappa shape index (κ1) is 19.4. The second kappa shape index (κ2) is 8.09. The Morgan fingerprint density at radius 1 is 1.15 bits per heavy atom. The highest BCUT2D eigenvalue weighted by Crippen LogP contribution is 2.34. The Morgan fingerprint density at radius 2 is 1.81 bits per heavy atom. The van der Waals surface area contributed by atoms with Gasteiger partial charge < -0.3 is 14.7 Å². The molecule has 2 fully saturated rings. The largest absolute Gasteiger partial charge is 0.340 e. The highest BCUT2D eigenvalue weighted by Gasteiger charge is 2.31. The number of nitrogens with zero attached hydrogens (tertiary/aromatic N) is 3. The van der Waals surface area contributed by atoms with Crippen molar-refractivity contribution >= 4 is 17.4 Å². The van der Waals surface area contributed by atoms with E-state index in [-0.39, 0.29) is 11.8 Å². The number of hydrogen-bond donors (Lipinski definition) is 0. The predicted octanol–water partition coefficient (Wildman–Crippen LogP) is 2.68. The van der Waals surface area contributed by atoms with Gasteiger partial charge in [-0.15, -0.1) is 0 Å². The Kier molecular flexibility index (Phi) is 5.80. The number of amides is 2. The van der Waals surface area contributed by atoms with Crippen LogP contribution in [0.25, 0.3) is 5.57 Å². The summed E-state index contributed by atoms with van der Waals surface area (Å²) in [7, 11) is 2.07. The molecule has 5 nitrogen and oxygen atoms in total. The van der Waals surface area contributed by atoms with Crippen molar-refractivity contribution in [2.45, 2.75) is 26.7 Å². The molecule has 2 aliphatic heterocycles.